The van der Waals surface area contributed by atoms with Crippen molar-refractivity contribution in [1.29, 1.82) is 0 Å². The van der Waals surface area contributed by atoms with Gasteiger partial charge in [-0.15, -0.1) is 0 Å². The third-order valence-electron chi connectivity index (χ3n) is 2.18. The second-order valence-electron chi connectivity index (χ2n) is 3.87. The van der Waals surface area contributed by atoms with E-state index in [1.807, 2.05) is 0 Å². The van der Waals surface area contributed by atoms with Crippen molar-refractivity contribution in [3.8, 4) is 0 Å². The van der Waals surface area contributed by atoms with Gasteiger partial charge in [-0.2, -0.15) is 5.16 Å². The Hall–Kier alpha value is -0.990. The topological polar surface area (TPSA) is 46.0 Å². The number of aromatic nitrogens is 1. The Labute approximate surface area is 71.7 Å². The Balaban J connectivity index is 2.70. The summed E-state index contributed by atoms with van der Waals surface area (Å²) in [5.41, 5.74) is 0.0508. The van der Waals surface area contributed by atoms with Crippen molar-refractivity contribution in [2.45, 2.75) is 33.6 Å². The summed E-state index contributed by atoms with van der Waals surface area (Å²) < 4.78 is 4.96. The van der Waals surface area contributed by atoms with E-state index in [1.54, 1.807) is 0 Å². The molecule has 0 bridgehead atoms. The van der Waals surface area contributed by atoms with Gasteiger partial charge >= 0.3 is 0 Å². The van der Waals surface area contributed by atoms with Crippen LogP contribution in [0.2, 0.25) is 0 Å². The summed E-state index contributed by atoms with van der Waals surface area (Å²) in [6.07, 6.45) is 1.88. The van der Waals surface area contributed by atoms with Crippen molar-refractivity contribution in [3.63, 3.8) is 0 Å². The van der Waals surface area contributed by atoms with Crippen LogP contribution in [0.4, 0.5) is 0 Å². The highest BCUT2D eigenvalue weighted by Crippen LogP contribution is 2.24. The van der Waals surface area contributed by atoms with Gasteiger partial charge in [-0.25, -0.2) is 0 Å². The smallest absolute Gasteiger partial charge is 0.280 e. The zero-order valence-corrected chi connectivity index (χ0v) is 7.81. The molecule has 0 spiro atoms. The summed E-state index contributed by atoms with van der Waals surface area (Å²) in [5.74, 6) is 0.742. The van der Waals surface area contributed by atoms with Crippen LogP contribution in [-0.4, -0.2) is 5.16 Å². The molecule has 0 aliphatic heterocycles. The highest BCUT2D eigenvalue weighted by molar-refractivity contribution is 4.97. The van der Waals surface area contributed by atoms with Gasteiger partial charge in [0.15, 0.2) is 0 Å². The standard InChI is InChI=1S/C9H15NO2/c1-4-9(2,3)6-7-5-8(11)10-12-7/h5H,4,6H2,1-3H3,(H,10,11). The molecule has 0 unspecified atom stereocenters. The molecule has 0 radical (unpaired) electrons. The molecule has 0 aromatic carbocycles. The molecule has 0 saturated carbocycles. The second kappa shape index (κ2) is 3.17. The minimum absolute atomic E-state index is 0.156. The first-order valence-electron chi connectivity index (χ1n) is 4.21. The molecule has 0 atom stereocenters. The van der Waals surface area contributed by atoms with Crippen LogP contribution < -0.4 is 5.56 Å². The van der Waals surface area contributed by atoms with E-state index in [4.69, 9.17) is 4.52 Å². The van der Waals surface area contributed by atoms with E-state index in [-0.39, 0.29) is 11.0 Å². The summed E-state index contributed by atoms with van der Waals surface area (Å²) in [5, 5.41) is 2.28. The largest absolute Gasteiger partial charge is 0.384 e. The van der Waals surface area contributed by atoms with Crippen LogP contribution in [0.15, 0.2) is 15.4 Å². The fraction of sp³-hybridized carbons (Fsp3) is 0.667. The molecule has 1 aromatic heterocycles. The molecule has 0 amide bonds. The lowest BCUT2D eigenvalue weighted by Crippen LogP contribution is -2.12. The molecule has 0 aliphatic carbocycles. The summed E-state index contributed by atoms with van der Waals surface area (Å²) in [4.78, 5) is 10.7. The van der Waals surface area contributed by atoms with Gasteiger partial charge in [0.2, 0.25) is 0 Å². The SMILES string of the molecule is CCC(C)(C)Cc1cc(=O)[nH]o1. The fourth-order valence-electron chi connectivity index (χ4n) is 1.00. The molecular formula is C9H15NO2. The van der Waals surface area contributed by atoms with E-state index in [9.17, 15) is 4.79 Å². The number of rotatable bonds is 3. The first kappa shape index (κ1) is 9.10. The van der Waals surface area contributed by atoms with Crippen molar-refractivity contribution in [2.24, 2.45) is 5.41 Å². The Kier molecular flexibility index (Phi) is 2.40. The third kappa shape index (κ3) is 2.26. The summed E-state index contributed by atoms with van der Waals surface area (Å²) >= 11 is 0. The number of hydrogen-bond acceptors (Lipinski definition) is 2. The molecule has 68 valence electrons. The lowest BCUT2D eigenvalue weighted by atomic mass is 9.86. The molecule has 0 fully saturated rings. The van der Waals surface area contributed by atoms with Crippen molar-refractivity contribution >= 4 is 0 Å². The molecule has 0 aliphatic rings. The molecule has 3 nitrogen and oxygen atoms in total. The molecular weight excluding hydrogens is 154 g/mol. The lowest BCUT2D eigenvalue weighted by Gasteiger charge is -2.19. The molecule has 1 heterocycles. The average molecular weight is 169 g/mol. The summed E-state index contributed by atoms with van der Waals surface area (Å²) in [7, 11) is 0. The summed E-state index contributed by atoms with van der Waals surface area (Å²) in [6.45, 7) is 6.44. The Morgan fingerprint density at radius 1 is 1.58 bits per heavy atom. The van der Waals surface area contributed by atoms with Gasteiger partial charge in [-0.3, -0.25) is 4.79 Å². The van der Waals surface area contributed by atoms with Gasteiger partial charge in [-0.1, -0.05) is 27.2 Å². The number of hydrogen-bond donors (Lipinski definition) is 1. The highest BCUT2D eigenvalue weighted by Gasteiger charge is 2.17. The molecule has 0 saturated heterocycles. The van der Waals surface area contributed by atoms with Crippen LogP contribution in [0.25, 0.3) is 0 Å². The monoisotopic (exact) mass is 169 g/mol. The summed E-state index contributed by atoms with van der Waals surface area (Å²) in [6, 6.07) is 1.51. The van der Waals surface area contributed by atoms with Crippen molar-refractivity contribution < 1.29 is 4.52 Å². The number of H-pyrrole nitrogens is 1. The van der Waals surface area contributed by atoms with Gasteiger partial charge in [0, 0.05) is 12.5 Å². The second-order valence-corrected chi connectivity index (χ2v) is 3.87. The lowest BCUT2D eigenvalue weighted by molar-refractivity contribution is 0.290. The van der Waals surface area contributed by atoms with Crippen molar-refractivity contribution in [2.75, 3.05) is 0 Å². The molecule has 1 N–H and O–H groups in total. The quantitative estimate of drug-likeness (QED) is 0.751. The van der Waals surface area contributed by atoms with Gasteiger partial charge in [-0.05, 0) is 5.41 Å². The van der Waals surface area contributed by atoms with Gasteiger partial charge < -0.3 is 4.52 Å². The Morgan fingerprint density at radius 3 is 2.67 bits per heavy atom. The maximum Gasteiger partial charge on any atom is 0.280 e. The van der Waals surface area contributed by atoms with Crippen molar-refractivity contribution in [3.05, 3.63) is 22.2 Å². The number of nitrogens with one attached hydrogen (secondary N) is 1. The van der Waals surface area contributed by atoms with Crippen LogP contribution in [0.3, 0.4) is 0 Å². The first-order valence-corrected chi connectivity index (χ1v) is 4.21. The maximum absolute atomic E-state index is 10.7. The normalized spacial score (nSPS) is 11.9. The highest BCUT2D eigenvalue weighted by atomic mass is 16.5. The fourth-order valence-corrected chi connectivity index (χ4v) is 1.00. The third-order valence-corrected chi connectivity index (χ3v) is 2.18. The predicted molar refractivity (Wildman–Crippen MR) is 47.1 cm³/mol. The molecule has 3 heteroatoms. The predicted octanol–water partition coefficient (Wildman–Crippen LogP) is 1.95. The van der Waals surface area contributed by atoms with E-state index in [1.165, 1.54) is 6.07 Å². The Morgan fingerprint density at radius 2 is 2.25 bits per heavy atom. The molecule has 1 rings (SSSR count). The zero-order valence-electron chi connectivity index (χ0n) is 7.81. The molecule has 12 heavy (non-hydrogen) atoms. The first-order chi connectivity index (χ1) is 5.53. The van der Waals surface area contributed by atoms with Gasteiger partial charge in [0.25, 0.3) is 5.56 Å². The van der Waals surface area contributed by atoms with Crippen molar-refractivity contribution in [1.82, 2.24) is 5.16 Å². The molecule has 1 aromatic rings. The zero-order chi connectivity index (χ0) is 9.19. The van der Waals surface area contributed by atoms with E-state index < -0.39 is 0 Å². The van der Waals surface area contributed by atoms with Crippen LogP contribution >= 0.6 is 0 Å². The van der Waals surface area contributed by atoms with E-state index >= 15 is 0 Å². The van der Waals surface area contributed by atoms with E-state index in [0.29, 0.717) is 0 Å². The average Bonchev–Trinajstić information content (AvgIpc) is 2.35. The maximum atomic E-state index is 10.7. The minimum Gasteiger partial charge on any atom is -0.384 e. The van der Waals surface area contributed by atoms with E-state index in [0.717, 1.165) is 18.6 Å². The Bertz CT molecular complexity index is 295. The minimum atomic E-state index is -0.156. The van der Waals surface area contributed by atoms with Crippen LogP contribution in [0, 0.1) is 5.41 Å². The van der Waals surface area contributed by atoms with Gasteiger partial charge in [0.1, 0.15) is 5.76 Å². The van der Waals surface area contributed by atoms with Crippen LogP contribution in [0.1, 0.15) is 33.0 Å². The van der Waals surface area contributed by atoms with Gasteiger partial charge in [0.05, 0.1) is 0 Å². The van der Waals surface area contributed by atoms with Crippen LogP contribution in [0.5, 0.6) is 0 Å². The number of aromatic amines is 1. The van der Waals surface area contributed by atoms with E-state index in [2.05, 4.69) is 25.9 Å². The van der Waals surface area contributed by atoms with Crippen LogP contribution in [-0.2, 0) is 6.42 Å².